The van der Waals surface area contributed by atoms with Crippen molar-refractivity contribution in [3.8, 4) is 0 Å². The average molecular weight is 682 g/mol. The number of hydrogen-bond acceptors (Lipinski definition) is 9. The zero-order valence-electron chi connectivity index (χ0n) is 23.6. The van der Waals surface area contributed by atoms with Gasteiger partial charge in [-0.2, -0.15) is 44.6 Å². The van der Waals surface area contributed by atoms with Crippen LogP contribution in [0.1, 0.15) is 24.1 Å². The Kier molecular flexibility index (Phi) is 15.1. The van der Waals surface area contributed by atoms with Crippen LogP contribution in [0, 0.1) is 12.8 Å². The molecule has 3 atom stereocenters. The highest BCUT2D eigenvalue weighted by atomic mass is 19.4. The molecule has 46 heavy (non-hydrogen) atoms. The Hall–Kier alpha value is -4.27. The molecule has 12 nitrogen and oxygen atoms in total. The third-order valence-corrected chi connectivity index (χ3v) is 5.85. The molecule has 4 heterocycles. The van der Waals surface area contributed by atoms with Crippen molar-refractivity contribution in [2.45, 2.75) is 57.0 Å². The van der Waals surface area contributed by atoms with Gasteiger partial charge in [-0.25, -0.2) is 14.4 Å². The molecule has 2 aromatic rings. The first-order valence-electron chi connectivity index (χ1n) is 12.8. The zero-order chi connectivity index (χ0) is 35.3. The lowest BCUT2D eigenvalue weighted by atomic mass is 9.85. The maximum absolute atomic E-state index is 10.6. The number of aromatic nitrogens is 3. The molecule has 0 spiro atoms. The Bertz CT molecular complexity index is 1190. The van der Waals surface area contributed by atoms with E-state index in [4.69, 9.17) is 34.4 Å². The molecule has 0 radical (unpaired) electrons. The van der Waals surface area contributed by atoms with Gasteiger partial charge < -0.3 is 25.4 Å². The number of ether oxygens (including phenoxy) is 1. The molecule has 21 heteroatoms. The highest BCUT2D eigenvalue weighted by Gasteiger charge is 2.40. The summed E-state index contributed by atoms with van der Waals surface area (Å²) in [7, 11) is 0. The quantitative estimate of drug-likeness (QED) is 0.340. The number of carbonyl (C=O) groups is 3. The van der Waals surface area contributed by atoms with Gasteiger partial charge in [0.05, 0.1) is 17.8 Å². The molecule has 2 aliphatic rings. The van der Waals surface area contributed by atoms with Crippen molar-refractivity contribution < 1.29 is 74.0 Å². The van der Waals surface area contributed by atoms with Crippen molar-refractivity contribution in [1.82, 2.24) is 20.1 Å². The summed E-state index contributed by atoms with van der Waals surface area (Å²) in [5.41, 5.74) is 2.24. The van der Waals surface area contributed by atoms with Crippen LogP contribution in [0.25, 0.3) is 0 Å². The molecule has 0 amide bonds. The Balaban J connectivity index is 0.000000413. The van der Waals surface area contributed by atoms with Crippen LogP contribution >= 0.6 is 0 Å². The van der Waals surface area contributed by atoms with E-state index in [9.17, 15) is 39.5 Å². The molecule has 0 unspecified atom stereocenters. The van der Waals surface area contributed by atoms with Crippen LogP contribution < -0.4 is 5.32 Å². The van der Waals surface area contributed by atoms with Crippen LogP contribution in [0.5, 0.6) is 0 Å². The number of rotatable bonds is 4. The fourth-order valence-corrected chi connectivity index (χ4v) is 3.96. The van der Waals surface area contributed by atoms with Crippen LogP contribution in [0.2, 0.25) is 0 Å². The second-order valence-electron chi connectivity index (χ2n) is 9.51. The summed E-state index contributed by atoms with van der Waals surface area (Å²) < 4.78 is 101. The number of pyridine rings is 1. The topological polar surface area (TPSA) is 175 Å². The fraction of sp³-hybridized carbons (Fsp3) is 0.520. The number of piperidine rings is 1. The molecule has 0 aliphatic carbocycles. The number of aliphatic carboxylic acids is 3. The predicted octanol–water partition coefficient (Wildman–Crippen LogP) is 4.17. The fourth-order valence-electron chi connectivity index (χ4n) is 3.96. The molecule has 2 aliphatic heterocycles. The maximum atomic E-state index is 10.6. The van der Waals surface area contributed by atoms with Crippen molar-refractivity contribution in [1.29, 1.82) is 0 Å². The number of hydrogen-bond donors (Lipinski definition) is 4. The summed E-state index contributed by atoms with van der Waals surface area (Å²) in [6.45, 7) is 5.80. The number of halogens is 9. The van der Waals surface area contributed by atoms with E-state index in [-0.39, 0.29) is 12.1 Å². The minimum absolute atomic E-state index is 0.234. The minimum Gasteiger partial charge on any atom is -0.475 e. The van der Waals surface area contributed by atoms with Gasteiger partial charge in [-0.05, 0) is 55.5 Å². The van der Waals surface area contributed by atoms with E-state index in [0.717, 1.165) is 44.2 Å². The Morgan fingerprint density at radius 1 is 0.848 bits per heavy atom. The maximum Gasteiger partial charge on any atom is 0.490 e. The normalized spacial score (nSPS) is 19.7. The molecule has 4 N–H and O–H groups in total. The molecule has 0 aromatic carbocycles. The van der Waals surface area contributed by atoms with E-state index in [2.05, 4.69) is 37.5 Å². The van der Waals surface area contributed by atoms with Crippen LogP contribution in [0.15, 0.2) is 36.7 Å². The highest BCUT2D eigenvalue weighted by Crippen LogP contribution is 2.30. The molecular weight excluding hydrogens is 653 g/mol. The number of fused-ring (bicyclic) bond motifs is 1. The first-order chi connectivity index (χ1) is 21.1. The van der Waals surface area contributed by atoms with Crippen molar-refractivity contribution in [2.24, 2.45) is 5.92 Å². The Labute approximate surface area is 254 Å². The molecular formula is C25H28F9N5O7. The van der Waals surface area contributed by atoms with E-state index in [1.54, 1.807) is 0 Å². The number of likely N-dealkylation sites (tertiary alicyclic amines) is 1. The number of aryl methyl sites for hydroxylation is 1. The van der Waals surface area contributed by atoms with E-state index in [1.807, 2.05) is 31.5 Å². The van der Waals surface area contributed by atoms with Gasteiger partial charge in [0.25, 0.3) is 0 Å². The SMILES string of the molecule is Cc1ccc(N[C@@H]2CN(Cc3ccncc3)C[C@@H]3CCCO[C@@H]32)nn1.O=C(O)C(F)(F)F.O=C(O)C(F)(F)F.O=C(O)C(F)(F)F. The highest BCUT2D eigenvalue weighted by molar-refractivity contribution is 5.73. The summed E-state index contributed by atoms with van der Waals surface area (Å²) in [6.07, 6.45) is -8.88. The van der Waals surface area contributed by atoms with Gasteiger partial charge in [0.15, 0.2) is 0 Å². The molecule has 2 fully saturated rings. The van der Waals surface area contributed by atoms with Crippen LogP contribution in [0.4, 0.5) is 45.3 Å². The van der Waals surface area contributed by atoms with Crippen molar-refractivity contribution in [2.75, 3.05) is 25.0 Å². The second-order valence-corrected chi connectivity index (χ2v) is 9.51. The number of nitrogens with one attached hydrogen (secondary N) is 1. The molecule has 2 saturated heterocycles. The predicted molar refractivity (Wildman–Crippen MR) is 137 cm³/mol. The van der Waals surface area contributed by atoms with Gasteiger partial charge in [0.2, 0.25) is 0 Å². The number of carboxylic acid groups (broad SMARTS) is 3. The lowest BCUT2D eigenvalue weighted by Crippen LogP contribution is -2.57. The van der Waals surface area contributed by atoms with Crippen molar-refractivity contribution >= 4 is 23.7 Å². The Morgan fingerprint density at radius 2 is 1.35 bits per heavy atom. The van der Waals surface area contributed by atoms with Gasteiger partial charge in [0, 0.05) is 38.6 Å². The molecule has 4 rings (SSSR count). The van der Waals surface area contributed by atoms with Gasteiger partial charge >= 0.3 is 36.4 Å². The molecule has 258 valence electrons. The smallest absolute Gasteiger partial charge is 0.475 e. The summed E-state index contributed by atoms with van der Waals surface area (Å²) in [4.78, 5) is 33.3. The lowest BCUT2D eigenvalue weighted by molar-refractivity contribution is -0.193. The third kappa shape index (κ3) is 15.1. The largest absolute Gasteiger partial charge is 0.490 e. The molecule has 2 aromatic heterocycles. The lowest BCUT2D eigenvalue weighted by Gasteiger charge is -2.46. The van der Waals surface area contributed by atoms with Crippen molar-refractivity contribution in [3.05, 3.63) is 47.9 Å². The van der Waals surface area contributed by atoms with Gasteiger partial charge in [-0.1, -0.05) is 0 Å². The number of alkyl halides is 9. The first-order valence-corrected chi connectivity index (χ1v) is 12.8. The van der Waals surface area contributed by atoms with Crippen LogP contribution in [-0.4, -0.2) is 104 Å². The monoisotopic (exact) mass is 681 g/mol. The summed E-state index contributed by atoms with van der Waals surface area (Å²) >= 11 is 0. The summed E-state index contributed by atoms with van der Waals surface area (Å²) in [5.74, 6) is -6.87. The van der Waals surface area contributed by atoms with Gasteiger partial charge in [-0.15, -0.1) is 5.10 Å². The number of carboxylic acids is 3. The molecule has 0 bridgehead atoms. The standard InChI is InChI=1S/C19H25N5O.3C2HF3O2/c1-14-4-5-18(23-22-14)21-17-13-24(11-15-6-8-20-9-7-15)12-16-3-2-10-25-19(16)17;3*3-2(4,5)1(6)7/h4-9,16-17,19H,2-3,10-13H2,1H3,(H,21,23);3*(H,6,7)/t16-,17+,19-;;;/m0.../s1. The number of anilines is 1. The van der Waals surface area contributed by atoms with E-state index >= 15 is 0 Å². The molecule has 0 saturated carbocycles. The van der Waals surface area contributed by atoms with E-state index < -0.39 is 36.4 Å². The average Bonchev–Trinajstić information content (AvgIpc) is 2.94. The van der Waals surface area contributed by atoms with Gasteiger partial charge in [0.1, 0.15) is 5.82 Å². The summed E-state index contributed by atoms with van der Waals surface area (Å²) in [6, 6.07) is 8.42. The second kappa shape index (κ2) is 17.4. The van der Waals surface area contributed by atoms with E-state index in [1.165, 1.54) is 12.0 Å². The van der Waals surface area contributed by atoms with Gasteiger partial charge in [-0.3, -0.25) is 9.88 Å². The Morgan fingerprint density at radius 3 is 1.78 bits per heavy atom. The van der Waals surface area contributed by atoms with E-state index in [0.29, 0.717) is 5.92 Å². The third-order valence-electron chi connectivity index (χ3n) is 5.85. The van der Waals surface area contributed by atoms with Crippen molar-refractivity contribution in [3.63, 3.8) is 0 Å². The first kappa shape index (κ1) is 39.8. The zero-order valence-corrected chi connectivity index (χ0v) is 23.6. The summed E-state index contributed by atoms with van der Waals surface area (Å²) in [5, 5.41) is 33.4. The van der Waals surface area contributed by atoms with Crippen LogP contribution in [0.3, 0.4) is 0 Å². The van der Waals surface area contributed by atoms with Crippen LogP contribution in [-0.2, 0) is 25.7 Å². The minimum atomic E-state index is -5.08. The number of nitrogens with zero attached hydrogens (tertiary/aromatic N) is 4.